The summed E-state index contributed by atoms with van der Waals surface area (Å²) in [7, 11) is 0. The van der Waals surface area contributed by atoms with Crippen LogP contribution in [0.4, 0.5) is 0 Å². The van der Waals surface area contributed by atoms with Gasteiger partial charge in [-0.1, -0.05) is 11.6 Å². The Morgan fingerprint density at radius 3 is 2.72 bits per heavy atom. The number of fused-ring (bicyclic) bond motifs is 1. The molecule has 5 rings (SSSR count). The Balaban J connectivity index is 1.30. The highest BCUT2D eigenvalue weighted by Gasteiger charge is 2.37. The Hall–Kier alpha value is -3.04. The summed E-state index contributed by atoms with van der Waals surface area (Å²) in [4.78, 5) is 19.1. The predicted molar refractivity (Wildman–Crippen MR) is 127 cm³/mol. The number of aromatic nitrogens is 1. The second kappa shape index (κ2) is 8.84. The van der Waals surface area contributed by atoms with Gasteiger partial charge in [0, 0.05) is 30.0 Å². The van der Waals surface area contributed by atoms with E-state index in [1.807, 2.05) is 35.0 Å². The Kier molecular flexibility index (Phi) is 5.75. The largest absolute Gasteiger partial charge is 0.492 e. The lowest BCUT2D eigenvalue weighted by Gasteiger charge is -2.20. The molecule has 1 N–H and O–H groups in total. The molecule has 0 saturated carbocycles. The molecule has 1 aromatic heterocycles. The van der Waals surface area contributed by atoms with Crippen LogP contribution in [-0.4, -0.2) is 56.3 Å². The third-order valence-corrected chi connectivity index (χ3v) is 6.61. The van der Waals surface area contributed by atoms with Gasteiger partial charge in [-0.25, -0.2) is 0 Å². The van der Waals surface area contributed by atoms with Crippen molar-refractivity contribution in [3.63, 3.8) is 0 Å². The average Bonchev–Trinajstić information content (AvgIpc) is 3.53. The highest BCUT2D eigenvalue weighted by atomic mass is 35.5. The summed E-state index contributed by atoms with van der Waals surface area (Å²) >= 11 is 7.26. The van der Waals surface area contributed by atoms with E-state index in [4.69, 9.17) is 21.7 Å². The van der Waals surface area contributed by atoms with Crippen molar-refractivity contribution in [2.24, 2.45) is 10.1 Å². The molecular weight excluding hydrogens is 448 g/mol. The predicted octanol–water partition coefficient (Wildman–Crippen LogP) is 3.89. The number of halogens is 1. The van der Waals surface area contributed by atoms with Crippen molar-refractivity contribution in [2.75, 3.05) is 19.7 Å². The first-order chi connectivity index (χ1) is 15.6. The maximum Gasteiger partial charge on any atom is 0.283 e. The van der Waals surface area contributed by atoms with Gasteiger partial charge in [-0.15, -0.1) is 5.10 Å². The van der Waals surface area contributed by atoms with E-state index in [0.29, 0.717) is 23.3 Å². The number of rotatable bonds is 5. The van der Waals surface area contributed by atoms with Crippen LogP contribution in [0.3, 0.4) is 0 Å². The van der Waals surface area contributed by atoms with Crippen LogP contribution >= 0.6 is 23.4 Å². The highest BCUT2D eigenvalue weighted by Crippen LogP contribution is 2.30. The minimum absolute atomic E-state index is 0.0480. The van der Waals surface area contributed by atoms with Crippen LogP contribution in [0.1, 0.15) is 18.5 Å². The Bertz CT molecular complexity index is 1150. The fourth-order valence-electron chi connectivity index (χ4n) is 3.72. The standard InChI is InChI=1S/C22H21ClN6O2S/c23-15-5-7-17(8-6-15)31-13-12-27-11-3-4-16(27)14-18-19(24)29-21(25-20(18)30)32-22(26-29)28-9-1-2-10-28/h3-8,11,14,24H,1-2,9-10,12-13H2/b18-14+,24-19?. The summed E-state index contributed by atoms with van der Waals surface area (Å²) < 4.78 is 7.75. The van der Waals surface area contributed by atoms with Gasteiger partial charge in [0.1, 0.15) is 12.4 Å². The molecule has 1 amide bonds. The number of nitrogens with one attached hydrogen (secondary N) is 1. The Labute approximate surface area is 194 Å². The maximum atomic E-state index is 12.7. The Morgan fingerprint density at radius 2 is 1.94 bits per heavy atom. The lowest BCUT2D eigenvalue weighted by Crippen LogP contribution is -2.35. The van der Waals surface area contributed by atoms with Gasteiger partial charge in [-0.3, -0.25) is 10.2 Å². The number of ether oxygens (including phenoxy) is 1. The molecule has 0 radical (unpaired) electrons. The number of hydrogen-bond donors (Lipinski definition) is 1. The van der Waals surface area contributed by atoms with Crippen molar-refractivity contribution in [1.29, 1.82) is 5.41 Å². The van der Waals surface area contributed by atoms with E-state index < -0.39 is 5.91 Å². The number of likely N-dealkylation sites (tertiary alicyclic amines) is 1. The first-order valence-corrected chi connectivity index (χ1v) is 11.6. The fourth-order valence-corrected chi connectivity index (χ4v) is 4.79. The van der Waals surface area contributed by atoms with Crippen molar-refractivity contribution in [3.8, 4) is 5.75 Å². The normalized spacial score (nSPS) is 19.5. The molecule has 0 spiro atoms. The van der Waals surface area contributed by atoms with Gasteiger partial charge in [0.15, 0.2) is 11.0 Å². The molecule has 32 heavy (non-hydrogen) atoms. The third kappa shape index (κ3) is 4.18. The third-order valence-electron chi connectivity index (χ3n) is 5.39. The van der Waals surface area contributed by atoms with Crippen LogP contribution in [0, 0.1) is 5.41 Å². The van der Waals surface area contributed by atoms with E-state index in [-0.39, 0.29) is 11.4 Å². The number of hydrogen-bond acceptors (Lipinski definition) is 6. The molecule has 2 aromatic rings. The monoisotopic (exact) mass is 468 g/mol. The number of amides is 1. The van der Waals surface area contributed by atoms with Gasteiger partial charge in [0.25, 0.3) is 5.91 Å². The first-order valence-electron chi connectivity index (χ1n) is 10.4. The van der Waals surface area contributed by atoms with E-state index in [0.717, 1.165) is 42.5 Å². The summed E-state index contributed by atoms with van der Waals surface area (Å²) in [6.07, 6.45) is 5.87. The zero-order chi connectivity index (χ0) is 22.1. The number of nitrogens with zero attached hydrogens (tertiary/aromatic N) is 5. The average molecular weight is 469 g/mol. The molecule has 164 valence electrons. The number of benzene rings is 1. The van der Waals surface area contributed by atoms with Gasteiger partial charge >= 0.3 is 0 Å². The van der Waals surface area contributed by atoms with Crippen LogP contribution in [0.15, 0.2) is 58.3 Å². The fraction of sp³-hybridized carbons (Fsp3) is 0.273. The summed E-state index contributed by atoms with van der Waals surface area (Å²) in [6.45, 7) is 2.93. The molecule has 8 nitrogen and oxygen atoms in total. The van der Waals surface area contributed by atoms with Crippen LogP contribution in [0.2, 0.25) is 5.02 Å². The molecule has 10 heteroatoms. The molecule has 0 bridgehead atoms. The molecular formula is C22H21ClN6O2S. The SMILES string of the molecule is N=C1/C(=C\c2cccn2CCOc2ccc(Cl)cc2)C(=O)N=C2SC(N3CCCC3)=NN12. The minimum atomic E-state index is -0.420. The molecule has 4 heterocycles. The van der Waals surface area contributed by atoms with Crippen LogP contribution in [-0.2, 0) is 11.3 Å². The number of hydrazone groups is 1. The molecule has 3 aliphatic rings. The van der Waals surface area contributed by atoms with E-state index in [2.05, 4.69) is 15.0 Å². The zero-order valence-electron chi connectivity index (χ0n) is 17.2. The number of amidine groups is 3. The molecule has 3 aliphatic heterocycles. The number of thioether (sulfide) groups is 1. The van der Waals surface area contributed by atoms with Gasteiger partial charge in [0.05, 0.1) is 12.1 Å². The van der Waals surface area contributed by atoms with Gasteiger partial charge in [-0.2, -0.15) is 10.0 Å². The summed E-state index contributed by atoms with van der Waals surface area (Å²) in [5, 5.41) is 16.5. The highest BCUT2D eigenvalue weighted by molar-refractivity contribution is 8.26. The molecule has 0 atom stereocenters. The minimum Gasteiger partial charge on any atom is -0.492 e. The van der Waals surface area contributed by atoms with E-state index in [9.17, 15) is 4.79 Å². The first kappa shape index (κ1) is 20.8. The summed E-state index contributed by atoms with van der Waals surface area (Å²) in [5.74, 6) is 0.370. The van der Waals surface area contributed by atoms with Gasteiger partial charge in [-0.05, 0) is 67.1 Å². The number of carbonyl (C=O) groups excluding carboxylic acids is 1. The van der Waals surface area contributed by atoms with Crippen molar-refractivity contribution < 1.29 is 9.53 Å². The quantitative estimate of drug-likeness (QED) is 0.673. The van der Waals surface area contributed by atoms with E-state index in [1.165, 1.54) is 16.8 Å². The maximum absolute atomic E-state index is 12.7. The molecule has 1 fully saturated rings. The molecule has 0 unspecified atom stereocenters. The number of carbonyl (C=O) groups is 1. The summed E-state index contributed by atoms with van der Waals surface area (Å²) in [5.41, 5.74) is 1.02. The summed E-state index contributed by atoms with van der Waals surface area (Å²) in [6, 6.07) is 11.0. The lowest BCUT2D eigenvalue weighted by atomic mass is 10.1. The van der Waals surface area contributed by atoms with Crippen LogP contribution in [0.25, 0.3) is 6.08 Å². The Morgan fingerprint density at radius 1 is 1.16 bits per heavy atom. The van der Waals surface area contributed by atoms with Gasteiger partial charge < -0.3 is 14.2 Å². The van der Waals surface area contributed by atoms with E-state index in [1.54, 1.807) is 18.2 Å². The molecule has 0 aliphatic carbocycles. The molecule has 1 aromatic carbocycles. The second-order valence-corrected chi connectivity index (χ2v) is 8.90. The zero-order valence-corrected chi connectivity index (χ0v) is 18.8. The topological polar surface area (TPSA) is 86.3 Å². The van der Waals surface area contributed by atoms with Crippen LogP contribution < -0.4 is 4.74 Å². The van der Waals surface area contributed by atoms with Crippen LogP contribution in [0.5, 0.6) is 5.75 Å². The van der Waals surface area contributed by atoms with E-state index >= 15 is 0 Å². The number of aliphatic imine (C=N–C) groups is 1. The lowest BCUT2D eigenvalue weighted by molar-refractivity contribution is -0.114. The van der Waals surface area contributed by atoms with Gasteiger partial charge in [0.2, 0.25) is 5.17 Å². The van der Waals surface area contributed by atoms with Crippen molar-refractivity contribution in [3.05, 3.63) is 58.9 Å². The van der Waals surface area contributed by atoms with Crippen molar-refractivity contribution >= 4 is 51.5 Å². The molecule has 1 saturated heterocycles. The smallest absolute Gasteiger partial charge is 0.283 e. The van der Waals surface area contributed by atoms with Crippen molar-refractivity contribution in [1.82, 2.24) is 14.5 Å². The van der Waals surface area contributed by atoms with Crippen molar-refractivity contribution in [2.45, 2.75) is 19.4 Å². The second-order valence-electron chi connectivity index (χ2n) is 7.53.